The highest BCUT2D eigenvalue weighted by atomic mass is 79.9. The molecule has 2 aromatic rings. The van der Waals surface area contributed by atoms with Gasteiger partial charge in [-0.2, -0.15) is 0 Å². The van der Waals surface area contributed by atoms with Gasteiger partial charge in [0.2, 0.25) is 0 Å². The van der Waals surface area contributed by atoms with E-state index in [1.165, 1.54) is 11.2 Å². The van der Waals surface area contributed by atoms with E-state index in [-0.39, 0.29) is 5.41 Å². The van der Waals surface area contributed by atoms with E-state index in [2.05, 4.69) is 60.4 Å². The molecule has 16 heavy (non-hydrogen) atoms. The molecular weight excluding hydrogens is 264 g/mol. The Labute approximate surface area is 105 Å². The second kappa shape index (κ2) is 3.52. The first-order chi connectivity index (χ1) is 7.32. The number of hydrogen-bond donors (Lipinski definition) is 1. The first-order valence-electron chi connectivity index (χ1n) is 5.36. The van der Waals surface area contributed by atoms with Crippen molar-refractivity contribution in [1.82, 2.24) is 4.57 Å². The Bertz CT molecular complexity index is 547. The van der Waals surface area contributed by atoms with Crippen LogP contribution in [0.3, 0.4) is 0 Å². The molecule has 0 saturated heterocycles. The average molecular weight is 281 g/mol. The third-order valence-corrected chi connectivity index (χ3v) is 3.41. The van der Waals surface area contributed by atoms with Gasteiger partial charge in [-0.15, -0.1) is 0 Å². The molecule has 0 saturated carbocycles. The third-order valence-electron chi connectivity index (χ3n) is 2.91. The molecule has 2 N–H and O–H groups in total. The van der Waals surface area contributed by atoms with E-state index in [9.17, 15) is 0 Å². The predicted octanol–water partition coefficient (Wildman–Crippen LogP) is 3.82. The fraction of sp³-hybridized carbons (Fsp3) is 0.385. The predicted molar refractivity (Wildman–Crippen MR) is 73.7 cm³/mol. The minimum atomic E-state index is 0.0599. The third kappa shape index (κ3) is 1.63. The number of anilines is 1. The van der Waals surface area contributed by atoms with Crippen LogP contribution in [0.5, 0.6) is 0 Å². The lowest BCUT2D eigenvalue weighted by atomic mass is 9.91. The molecule has 1 heterocycles. The number of nitrogen functional groups attached to an aromatic ring is 1. The Hall–Kier alpha value is -0.960. The Kier molecular flexibility index (Phi) is 2.54. The average Bonchev–Trinajstić information content (AvgIpc) is 2.38. The number of fused-ring (bicyclic) bond motifs is 1. The topological polar surface area (TPSA) is 30.9 Å². The van der Waals surface area contributed by atoms with Gasteiger partial charge in [-0.25, -0.2) is 0 Å². The van der Waals surface area contributed by atoms with Crippen molar-refractivity contribution in [3.8, 4) is 0 Å². The van der Waals surface area contributed by atoms with Crippen molar-refractivity contribution in [2.45, 2.75) is 26.2 Å². The molecule has 0 fully saturated rings. The van der Waals surface area contributed by atoms with Gasteiger partial charge in [0.15, 0.2) is 0 Å². The summed E-state index contributed by atoms with van der Waals surface area (Å²) in [6.45, 7) is 6.56. The van der Waals surface area contributed by atoms with Crippen molar-refractivity contribution in [2.24, 2.45) is 7.05 Å². The van der Waals surface area contributed by atoms with Gasteiger partial charge in [0.1, 0.15) is 0 Å². The van der Waals surface area contributed by atoms with Crippen LogP contribution in [0.4, 0.5) is 5.69 Å². The van der Waals surface area contributed by atoms with E-state index in [4.69, 9.17) is 5.73 Å². The monoisotopic (exact) mass is 280 g/mol. The molecule has 86 valence electrons. The van der Waals surface area contributed by atoms with Crippen LogP contribution in [0, 0.1) is 0 Å². The largest absolute Gasteiger partial charge is 0.397 e. The summed E-state index contributed by atoms with van der Waals surface area (Å²) in [6, 6.07) is 6.22. The SMILES string of the molecule is Cn1c(C(C)(C)C)c(N)c2ccc(Br)cc21. The molecule has 1 aromatic carbocycles. The Balaban J connectivity index is 2.87. The van der Waals surface area contributed by atoms with Crippen LogP contribution in [0.2, 0.25) is 0 Å². The maximum atomic E-state index is 6.24. The van der Waals surface area contributed by atoms with Crippen LogP contribution in [-0.2, 0) is 12.5 Å². The highest BCUT2D eigenvalue weighted by Crippen LogP contribution is 2.36. The molecule has 0 aliphatic rings. The van der Waals surface area contributed by atoms with Crippen molar-refractivity contribution in [3.05, 3.63) is 28.4 Å². The lowest BCUT2D eigenvalue weighted by Gasteiger charge is -2.21. The molecule has 0 bridgehead atoms. The van der Waals surface area contributed by atoms with Crippen LogP contribution in [-0.4, -0.2) is 4.57 Å². The van der Waals surface area contributed by atoms with E-state index in [0.717, 1.165) is 15.5 Å². The number of nitrogens with zero attached hydrogens (tertiary/aromatic N) is 1. The minimum Gasteiger partial charge on any atom is -0.397 e. The van der Waals surface area contributed by atoms with Crippen LogP contribution >= 0.6 is 15.9 Å². The second-order valence-electron chi connectivity index (χ2n) is 5.23. The molecule has 0 amide bonds. The highest BCUT2D eigenvalue weighted by Gasteiger charge is 2.23. The Morgan fingerprint density at radius 2 is 1.88 bits per heavy atom. The highest BCUT2D eigenvalue weighted by molar-refractivity contribution is 9.10. The smallest absolute Gasteiger partial charge is 0.0612 e. The van der Waals surface area contributed by atoms with Gasteiger partial charge in [0.05, 0.1) is 11.2 Å². The van der Waals surface area contributed by atoms with Crippen LogP contribution in [0.15, 0.2) is 22.7 Å². The molecule has 0 spiro atoms. The van der Waals surface area contributed by atoms with Crippen molar-refractivity contribution in [2.75, 3.05) is 5.73 Å². The number of hydrogen-bond acceptors (Lipinski definition) is 1. The molecule has 0 unspecified atom stereocenters. The van der Waals surface area contributed by atoms with E-state index in [0.29, 0.717) is 0 Å². The molecule has 0 aliphatic carbocycles. The van der Waals surface area contributed by atoms with Gasteiger partial charge in [0, 0.05) is 28.0 Å². The van der Waals surface area contributed by atoms with Crippen LogP contribution < -0.4 is 5.73 Å². The first kappa shape index (κ1) is 11.5. The molecule has 2 rings (SSSR count). The lowest BCUT2D eigenvalue weighted by molar-refractivity contribution is 0.549. The number of aryl methyl sites for hydroxylation is 1. The number of nitrogens with two attached hydrogens (primary N) is 1. The summed E-state index contributed by atoms with van der Waals surface area (Å²) >= 11 is 3.50. The van der Waals surface area contributed by atoms with Crippen LogP contribution in [0.1, 0.15) is 26.5 Å². The normalized spacial score (nSPS) is 12.3. The standard InChI is InChI=1S/C13H17BrN2/c1-13(2,3)12-11(15)9-6-5-8(14)7-10(9)16(12)4/h5-7H,15H2,1-4H3. The quantitative estimate of drug-likeness (QED) is 0.782. The van der Waals surface area contributed by atoms with E-state index >= 15 is 0 Å². The van der Waals surface area contributed by atoms with Gasteiger partial charge in [-0.3, -0.25) is 0 Å². The zero-order chi connectivity index (χ0) is 12.1. The maximum Gasteiger partial charge on any atom is 0.0612 e. The zero-order valence-electron chi connectivity index (χ0n) is 10.1. The fourth-order valence-corrected chi connectivity index (χ4v) is 2.69. The summed E-state index contributed by atoms with van der Waals surface area (Å²) in [7, 11) is 2.08. The number of aromatic nitrogens is 1. The molecule has 0 aliphatic heterocycles. The molecule has 1 aromatic heterocycles. The number of rotatable bonds is 0. The summed E-state index contributed by atoms with van der Waals surface area (Å²) in [5.41, 5.74) is 9.57. The minimum absolute atomic E-state index is 0.0599. The van der Waals surface area contributed by atoms with E-state index < -0.39 is 0 Å². The fourth-order valence-electron chi connectivity index (χ4n) is 2.35. The van der Waals surface area contributed by atoms with Gasteiger partial charge in [-0.1, -0.05) is 36.7 Å². The number of benzene rings is 1. The second-order valence-corrected chi connectivity index (χ2v) is 6.15. The van der Waals surface area contributed by atoms with Crippen LogP contribution in [0.25, 0.3) is 10.9 Å². The molecule has 0 radical (unpaired) electrons. The van der Waals surface area contributed by atoms with Crippen molar-refractivity contribution < 1.29 is 0 Å². The number of halogens is 1. The summed E-state index contributed by atoms with van der Waals surface area (Å²) < 4.78 is 3.27. The summed E-state index contributed by atoms with van der Waals surface area (Å²) in [5.74, 6) is 0. The lowest BCUT2D eigenvalue weighted by Crippen LogP contribution is -2.17. The van der Waals surface area contributed by atoms with Gasteiger partial charge in [-0.05, 0) is 18.2 Å². The molecule has 0 atom stereocenters. The van der Waals surface area contributed by atoms with Gasteiger partial charge in [0.25, 0.3) is 0 Å². The maximum absolute atomic E-state index is 6.24. The van der Waals surface area contributed by atoms with Crippen molar-refractivity contribution >= 4 is 32.5 Å². The Morgan fingerprint density at radius 3 is 2.44 bits per heavy atom. The van der Waals surface area contributed by atoms with Crippen molar-refractivity contribution in [3.63, 3.8) is 0 Å². The van der Waals surface area contributed by atoms with Gasteiger partial charge < -0.3 is 10.3 Å². The molecular formula is C13H17BrN2. The summed E-state index contributed by atoms with van der Waals surface area (Å²) in [5, 5.41) is 1.13. The Morgan fingerprint density at radius 1 is 1.25 bits per heavy atom. The van der Waals surface area contributed by atoms with Crippen molar-refractivity contribution in [1.29, 1.82) is 0 Å². The van der Waals surface area contributed by atoms with E-state index in [1.54, 1.807) is 0 Å². The molecule has 2 nitrogen and oxygen atoms in total. The van der Waals surface area contributed by atoms with Gasteiger partial charge >= 0.3 is 0 Å². The first-order valence-corrected chi connectivity index (χ1v) is 6.15. The summed E-state index contributed by atoms with van der Waals surface area (Å²) in [6.07, 6.45) is 0. The molecule has 3 heteroatoms. The zero-order valence-corrected chi connectivity index (χ0v) is 11.7. The van der Waals surface area contributed by atoms with E-state index in [1.807, 2.05) is 6.07 Å². The summed E-state index contributed by atoms with van der Waals surface area (Å²) in [4.78, 5) is 0.